The van der Waals surface area contributed by atoms with Gasteiger partial charge >= 0.3 is 0 Å². The van der Waals surface area contributed by atoms with Gasteiger partial charge in [0.15, 0.2) is 0 Å². The first-order valence-electron chi connectivity index (χ1n) is 16.1. The fourth-order valence-electron chi connectivity index (χ4n) is 6.08. The Kier molecular flexibility index (Phi) is 10.8. The van der Waals surface area contributed by atoms with Crippen molar-refractivity contribution in [1.29, 1.82) is 0 Å². The quantitative estimate of drug-likeness (QED) is 0.0844. The molecule has 0 spiro atoms. The van der Waals surface area contributed by atoms with Crippen LogP contribution in [-0.4, -0.2) is 65.1 Å². The van der Waals surface area contributed by atoms with Gasteiger partial charge < -0.3 is 28.4 Å². The summed E-state index contributed by atoms with van der Waals surface area (Å²) < 4.78 is 33.8. The van der Waals surface area contributed by atoms with Gasteiger partial charge in [-0.2, -0.15) is 0 Å². The predicted octanol–water partition coefficient (Wildman–Crippen LogP) is 7.00. The minimum atomic E-state index is -0.311. The Morgan fingerprint density at radius 2 is 1.09 bits per heavy atom. The summed E-state index contributed by atoms with van der Waals surface area (Å²) in [4.78, 5) is 0. The Bertz CT molecular complexity index is 1350. The summed E-state index contributed by atoms with van der Waals surface area (Å²) in [7, 11) is 0. The first kappa shape index (κ1) is 31.3. The maximum absolute atomic E-state index is 6.04. The van der Waals surface area contributed by atoms with Crippen molar-refractivity contribution >= 4 is 0 Å². The molecule has 6 rings (SSSR count). The van der Waals surface area contributed by atoms with E-state index >= 15 is 0 Å². The summed E-state index contributed by atoms with van der Waals surface area (Å²) in [6, 6.07) is 39.0. The first-order valence-corrected chi connectivity index (χ1v) is 16.1. The molecule has 0 saturated carbocycles. The molecule has 0 radical (unpaired) electrons. The highest BCUT2D eigenvalue weighted by atomic mass is 16.6. The molecule has 0 aliphatic carbocycles. The van der Waals surface area contributed by atoms with Crippen LogP contribution in [0.25, 0.3) is 0 Å². The summed E-state index contributed by atoms with van der Waals surface area (Å²) in [6.07, 6.45) is 2.41. The normalized spacial score (nSPS) is 19.0. The van der Waals surface area contributed by atoms with E-state index < -0.39 is 0 Å². The molecule has 0 aromatic heterocycles. The lowest BCUT2D eigenvalue weighted by molar-refractivity contribution is 0.0878. The maximum atomic E-state index is 6.04. The van der Waals surface area contributed by atoms with Gasteiger partial charge in [-0.3, -0.25) is 0 Å². The Labute approximate surface area is 267 Å². The van der Waals surface area contributed by atoms with Crippen LogP contribution < -0.4 is 9.47 Å². The molecule has 6 heteroatoms. The zero-order valence-electron chi connectivity index (χ0n) is 26.1. The van der Waals surface area contributed by atoms with E-state index in [4.69, 9.17) is 28.4 Å². The fourth-order valence-corrected chi connectivity index (χ4v) is 6.08. The number of aryl methyl sites for hydroxylation is 1. The van der Waals surface area contributed by atoms with E-state index in [2.05, 4.69) is 116 Å². The van der Waals surface area contributed by atoms with Gasteiger partial charge in [-0.05, 0) is 65.3 Å². The molecule has 2 aliphatic heterocycles. The lowest BCUT2D eigenvalue weighted by Crippen LogP contribution is -2.34. The Morgan fingerprint density at radius 3 is 1.56 bits per heavy atom. The highest BCUT2D eigenvalue weighted by Gasteiger charge is 2.40. The van der Waals surface area contributed by atoms with Crippen LogP contribution in [0.1, 0.15) is 41.5 Å². The van der Waals surface area contributed by atoms with E-state index in [1.54, 1.807) is 0 Å². The average molecular weight is 609 g/mol. The molecule has 0 N–H and O–H groups in total. The minimum absolute atomic E-state index is 0.192. The van der Waals surface area contributed by atoms with Gasteiger partial charge in [-0.1, -0.05) is 91.9 Å². The molecule has 2 aliphatic rings. The number of hydrogen-bond acceptors (Lipinski definition) is 6. The molecule has 6 nitrogen and oxygen atoms in total. The third kappa shape index (κ3) is 8.74. The summed E-state index contributed by atoms with van der Waals surface area (Å²) in [5, 5.41) is 0. The lowest BCUT2D eigenvalue weighted by Gasteiger charge is -2.41. The van der Waals surface area contributed by atoms with E-state index in [-0.39, 0.29) is 23.5 Å². The third-order valence-corrected chi connectivity index (χ3v) is 8.83. The van der Waals surface area contributed by atoms with Crippen molar-refractivity contribution in [3.8, 4) is 11.5 Å². The highest BCUT2D eigenvalue weighted by Crippen LogP contribution is 2.48. The lowest BCUT2D eigenvalue weighted by atomic mass is 9.61. The third-order valence-electron chi connectivity index (χ3n) is 8.83. The van der Waals surface area contributed by atoms with Crippen LogP contribution in [0.4, 0.5) is 0 Å². The molecular weight excluding hydrogens is 564 g/mol. The average Bonchev–Trinajstić information content (AvgIpc) is 4.04. The van der Waals surface area contributed by atoms with Crippen LogP contribution >= 0.6 is 0 Å². The van der Waals surface area contributed by atoms with Gasteiger partial charge in [0.05, 0.1) is 39.6 Å². The van der Waals surface area contributed by atoms with Gasteiger partial charge in [-0.25, -0.2) is 0 Å². The van der Waals surface area contributed by atoms with Crippen LogP contribution in [0, 0.1) is 0 Å². The molecule has 3 unspecified atom stereocenters. The van der Waals surface area contributed by atoms with Crippen LogP contribution in [0.5, 0.6) is 11.5 Å². The number of epoxide rings is 2. The van der Waals surface area contributed by atoms with Crippen molar-refractivity contribution in [3.05, 3.63) is 131 Å². The van der Waals surface area contributed by atoms with E-state index in [0.717, 1.165) is 37.6 Å². The summed E-state index contributed by atoms with van der Waals surface area (Å²) in [5.41, 5.74) is 4.84. The molecule has 2 heterocycles. The first-order chi connectivity index (χ1) is 22.2. The number of rotatable bonds is 19. The standard InChI is InChI=1S/C39H44O6/c1-30(32-10-6-3-7-11-32)39(21-20-31-8-4-2-5-9-31,33-12-16-35(17-13-33)42-24-22-40-26-37-28-44-37)34-14-18-36(19-15-34)43-25-23-41-27-38-29-45-38/h2-19,30,37-38H,20-29H2,1H3. The summed E-state index contributed by atoms with van der Waals surface area (Å²) in [5.74, 6) is 1.87. The smallest absolute Gasteiger partial charge is 0.119 e. The molecule has 3 atom stereocenters. The molecule has 45 heavy (non-hydrogen) atoms. The molecular formula is C39H44O6. The second-order valence-corrected chi connectivity index (χ2v) is 11.9. The Morgan fingerprint density at radius 1 is 0.622 bits per heavy atom. The highest BCUT2D eigenvalue weighted by molar-refractivity contribution is 5.48. The van der Waals surface area contributed by atoms with Gasteiger partial charge in [0, 0.05) is 5.41 Å². The van der Waals surface area contributed by atoms with Crippen LogP contribution in [0.2, 0.25) is 0 Å². The second-order valence-electron chi connectivity index (χ2n) is 11.9. The van der Waals surface area contributed by atoms with Crippen molar-refractivity contribution in [1.82, 2.24) is 0 Å². The zero-order chi connectivity index (χ0) is 30.7. The molecule has 236 valence electrons. The Balaban J connectivity index is 1.26. The van der Waals surface area contributed by atoms with E-state index in [1.165, 1.54) is 22.3 Å². The topological polar surface area (TPSA) is 62.0 Å². The summed E-state index contributed by atoms with van der Waals surface area (Å²) in [6.45, 7) is 7.34. The molecule has 2 fully saturated rings. The second kappa shape index (κ2) is 15.5. The molecule has 4 aromatic rings. The molecule has 2 saturated heterocycles. The van der Waals surface area contributed by atoms with Crippen molar-refractivity contribution in [2.45, 2.75) is 43.3 Å². The predicted molar refractivity (Wildman–Crippen MR) is 175 cm³/mol. The molecule has 4 aromatic carbocycles. The SMILES string of the molecule is CC(c1ccccc1)C(CCc1ccccc1)(c1ccc(OCCOCC2CO2)cc1)c1ccc(OCCOCC2CO2)cc1. The monoisotopic (exact) mass is 608 g/mol. The molecule has 0 bridgehead atoms. The van der Waals surface area contributed by atoms with Crippen molar-refractivity contribution in [3.63, 3.8) is 0 Å². The number of benzene rings is 4. The van der Waals surface area contributed by atoms with Crippen LogP contribution in [-0.2, 0) is 30.8 Å². The zero-order valence-corrected chi connectivity index (χ0v) is 26.1. The number of hydrogen-bond donors (Lipinski definition) is 0. The number of ether oxygens (including phenoxy) is 6. The largest absolute Gasteiger partial charge is 0.491 e. The maximum Gasteiger partial charge on any atom is 0.119 e. The van der Waals surface area contributed by atoms with Gasteiger partial charge in [0.1, 0.15) is 36.9 Å². The van der Waals surface area contributed by atoms with Gasteiger partial charge in [0.25, 0.3) is 0 Å². The molecule has 0 amide bonds. The Hall–Kier alpha value is -3.68. The van der Waals surface area contributed by atoms with Crippen LogP contribution in [0.3, 0.4) is 0 Å². The van der Waals surface area contributed by atoms with Crippen molar-refractivity contribution in [2.75, 3.05) is 52.9 Å². The van der Waals surface area contributed by atoms with E-state index in [1.807, 2.05) is 0 Å². The van der Waals surface area contributed by atoms with E-state index in [9.17, 15) is 0 Å². The van der Waals surface area contributed by atoms with Gasteiger partial charge in [-0.15, -0.1) is 0 Å². The van der Waals surface area contributed by atoms with Gasteiger partial charge in [0.2, 0.25) is 0 Å². The minimum Gasteiger partial charge on any atom is -0.491 e. The van der Waals surface area contributed by atoms with Crippen molar-refractivity contribution in [2.24, 2.45) is 0 Å². The van der Waals surface area contributed by atoms with E-state index in [0.29, 0.717) is 39.6 Å². The fraction of sp³-hybridized carbons (Fsp3) is 0.385. The van der Waals surface area contributed by atoms with Crippen LogP contribution in [0.15, 0.2) is 109 Å². The van der Waals surface area contributed by atoms with Crippen molar-refractivity contribution < 1.29 is 28.4 Å². The summed E-state index contributed by atoms with van der Waals surface area (Å²) >= 11 is 0.